The SMILES string of the molecule is CN=C(NCc1ccc(C(=O)NCC(N)=O)cc1)NCC(C)c1ccsc1.I. The lowest BCUT2D eigenvalue weighted by Gasteiger charge is -2.15. The number of carbonyl (C=O) groups is 2. The zero-order valence-corrected chi connectivity index (χ0v) is 19.0. The van der Waals surface area contributed by atoms with Gasteiger partial charge >= 0.3 is 0 Å². The molecular formula is C19H26IN5O2S. The molecule has 7 nitrogen and oxygen atoms in total. The Balaban J connectivity index is 0.00000392. The number of nitrogens with two attached hydrogens (primary N) is 1. The van der Waals surface area contributed by atoms with Crippen LogP contribution in [0.5, 0.6) is 0 Å². The summed E-state index contributed by atoms with van der Waals surface area (Å²) in [4.78, 5) is 26.8. The molecule has 0 aliphatic heterocycles. The number of halogens is 1. The van der Waals surface area contributed by atoms with Gasteiger partial charge in [0, 0.05) is 25.7 Å². The number of aliphatic imine (C=N–C) groups is 1. The number of nitrogens with one attached hydrogen (secondary N) is 3. The van der Waals surface area contributed by atoms with E-state index in [1.54, 1.807) is 30.5 Å². The van der Waals surface area contributed by atoms with Crippen LogP contribution in [0.25, 0.3) is 0 Å². The number of carbonyl (C=O) groups excluding carboxylic acids is 2. The van der Waals surface area contributed by atoms with Gasteiger partial charge < -0.3 is 21.7 Å². The highest BCUT2D eigenvalue weighted by atomic mass is 127. The molecule has 152 valence electrons. The maximum absolute atomic E-state index is 11.9. The predicted molar refractivity (Wildman–Crippen MR) is 124 cm³/mol. The molecule has 1 unspecified atom stereocenters. The van der Waals surface area contributed by atoms with E-state index >= 15 is 0 Å². The summed E-state index contributed by atoms with van der Waals surface area (Å²) in [5.74, 6) is 0.220. The van der Waals surface area contributed by atoms with Crippen LogP contribution in [0.3, 0.4) is 0 Å². The molecule has 28 heavy (non-hydrogen) atoms. The van der Waals surface area contributed by atoms with Crippen LogP contribution in [0.2, 0.25) is 0 Å². The van der Waals surface area contributed by atoms with Crippen LogP contribution in [-0.2, 0) is 11.3 Å². The minimum absolute atomic E-state index is 0. The molecule has 0 fully saturated rings. The summed E-state index contributed by atoms with van der Waals surface area (Å²) < 4.78 is 0. The summed E-state index contributed by atoms with van der Waals surface area (Å²) in [6.07, 6.45) is 0. The van der Waals surface area contributed by atoms with Gasteiger partial charge in [-0.15, -0.1) is 24.0 Å². The van der Waals surface area contributed by atoms with E-state index in [9.17, 15) is 9.59 Å². The van der Waals surface area contributed by atoms with Gasteiger partial charge in [0.1, 0.15) is 0 Å². The Morgan fingerprint density at radius 3 is 2.43 bits per heavy atom. The second kappa shape index (κ2) is 12.3. The Bertz CT molecular complexity index is 778. The molecule has 0 saturated carbocycles. The molecule has 0 aliphatic carbocycles. The lowest BCUT2D eigenvalue weighted by atomic mass is 10.1. The fourth-order valence-corrected chi connectivity index (χ4v) is 3.16. The average Bonchev–Trinajstić information content (AvgIpc) is 3.21. The number of rotatable bonds is 8. The summed E-state index contributed by atoms with van der Waals surface area (Å²) in [6.45, 7) is 3.36. The molecular weight excluding hydrogens is 489 g/mol. The van der Waals surface area contributed by atoms with Gasteiger partial charge in [-0.25, -0.2) is 0 Å². The summed E-state index contributed by atoms with van der Waals surface area (Å²) in [5.41, 5.74) is 7.82. The van der Waals surface area contributed by atoms with Crippen LogP contribution in [0, 0.1) is 0 Å². The normalized spacial score (nSPS) is 11.9. The molecule has 0 radical (unpaired) electrons. The number of benzene rings is 1. The number of guanidine groups is 1. The first-order valence-electron chi connectivity index (χ1n) is 8.61. The highest BCUT2D eigenvalue weighted by molar-refractivity contribution is 14.0. The van der Waals surface area contributed by atoms with Crippen molar-refractivity contribution in [2.24, 2.45) is 10.7 Å². The topological polar surface area (TPSA) is 109 Å². The lowest BCUT2D eigenvalue weighted by Crippen LogP contribution is -2.38. The minimum atomic E-state index is -0.573. The Morgan fingerprint density at radius 2 is 1.86 bits per heavy atom. The number of thiophene rings is 1. The van der Waals surface area contributed by atoms with E-state index in [4.69, 9.17) is 5.73 Å². The Hall–Kier alpha value is -2.14. The van der Waals surface area contributed by atoms with Gasteiger partial charge in [0.15, 0.2) is 5.96 Å². The molecule has 1 aromatic carbocycles. The van der Waals surface area contributed by atoms with Crippen molar-refractivity contribution in [1.29, 1.82) is 0 Å². The smallest absolute Gasteiger partial charge is 0.251 e. The molecule has 0 aliphatic rings. The van der Waals surface area contributed by atoms with E-state index in [0.717, 1.165) is 18.1 Å². The second-order valence-corrected chi connectivity index (χ2v) is 6.89. The molecule has 0 bridgehead atoms. The molecule has 1 heterocycles. The van der Waals surface area contributed by atoms with E-state index in [2.05, 4.69) is 44.7 Å². The van der Waals surface area contributed by atoms with Gasteiger partial charge in [0.2, 0.25) is 5.91 Å². The molecule has 2 amide bonds. The first kappa shape index (κ1) is 23.9. The van der Waals surface area contributed by atoms with Crippen molar-refractivity contribution in [2.45, 2.75) is 19.4 Å². The largest absolute Gasteiger partial charge is 0.368 e. The van der Waals surface area contributed by atoms with Gasteiger partial charge in [0.25, 0.3) is 5.91 Å². The van der Waals surface area contributed by atoms with E-state index in [0.29, 0.717) is 18.0 Å². The third kappa shape index (κ3) is 7.85. The molecule has 5 N–H and O–H groups in total. The maximum atomic E-state index is 11.9. The number of amides is 2. The van der Waals surface area contributed by atoms with Gasteiger partial charge in [-0.3, -0.25) is 14.6 Å². The van der Waals surface area contributed by atoms with Crippen molar-refractivity contribution in [3.8, 4) is 0 Å². The Morgan fingerprint density at radius 1 is 1.14 bits per heavy atom. The van der Waals surface area contributed by atoms with Crippen LogP contribution >= 0.6 is 35.3 Å². The monoisotopic (exact) mass is 515 g/mol. The van der Waals surface area contributed by atoms with Crippen LogP contribution in [0.1, 0.15) is 34.3 Å². The minimum Gasteiger partial charge on any atom is -0.368 e. The standard InChI is InChI=1S/C19H25N5O2S.HI/c1-13(16-7-8-27-12-16)9-23-19(21-2)24-10-14-3-5-15(6-4-14)18(26)22-11-17(20)25;/h3-8,12-13H,9-11H2,1-2H3,(H2,20,25)(H,22,26)(H2,21,23,24);1H. The molecule has 2 rings (SSSR count). The van der Waals surface area contributed by atoms with Crippen LogP contribution in [0.15, 0.2) is 46.1 Å². The molecule has 0 saturated heterocycles. The van der Waals surface area contributed by atoms with Gasteiger partial charge in [0.05, 0.1) is 6.54 Å². The van der Waals surface area contributed by atoms with Crippen LogP contribution < -0.4 is 21.7 Å². The Kier molecular flexibility index (Phi) is 10.5. The predicted octanol–water partition coefficient (Wildman–Crippen LogP) is 2.05. The third-order valence-corrected chi connectivity index (χ3v) is 4.71. The summed E-state index contributed by atoms with van der Waals surface area (Å²) in [7, 11) is 1.73. The van der Waals surface area contributed by atoms with Crippen molar-refractivity contribution in [2.75, 3.05) is 20.1 Å². The number of hydrogen-bond acceptors (Lipinski definition) is 4. The van der Waals surface area contributed by atoms with Crippen LogP contribution in [-0.4, -0.2) is 37.9 Å². The first-order chi connectivity index (χ1) is 13.0. The summed E-state index contributed by atoms with van der Waals surface area (Å²) in [6, 6.07) is 9.26. The number of hydrogen-bond donors (Lipinski definition) is 4. The number of primary amides is 1. The molecule has 0 spiro atoms. The van der Waals surface area contributed by atoms with Crippen molar-refractivity contribution in [3.63, 3.8) is 0 Å². The maximum Gasteiger partial charge on any atom is 0.251 e. The summed E-state index contributed by atoms with van der Waals surface area (Å²) >= 11 is 1.70. The van der Waals surface area contributed by atoms with Crippen LogP contribution in [0.4, 0.5) is 0 Å². The van der Waals surface area contributed by atoms with Crippen molar-refractivity contribution in [3.05, 3.63) is 57.8 Å². The van der Waals surface area contributed by atoms with Gasteiger partial charge in [-0.1, -0.05) is 19.1 Å². The van der Waals surface area contributed by atoms with E-state index < -0.39 is 5.91 Å². The molecule has 1 atom stereocenters. The van der Waals surface area contributed by atoms with Crippen molar-refractivity contribution >= 4 is 53.1 Å². The summed E-state index contributed by atoms with van der Waals surface area (Å²) in [5, 5.41) is 13.3. The van der Waals surface area contributed by atoms with E-state index in [1.165, 1.54) is 5.56 Å². The fraction of sp³-hybridized carbons (Fsp3) is 0.316. The van der Waals surface area contributed by atoms with Gasteiger partial charge in [-0.2, -0.15) is 11.3 Å². The van der Waals surface area contributed by atoms with Crippen molar-refractivity contribution in [1.82, 2.24) is 16.0 Å². The first-order valence-corrected chi connectivity index (χ1v) is 9.56. The lowest BCUT2D eigenvalue weighted by molar-refractivity contribution is -0.117. The van der Waals surface area contributed by atoms with E-state index in [1.807, 2.05) is 12.1 Å². The quantitative estimate of drug-likeness (QED) is 0.245. The Labute approximate surface area is 186 Å². The number of nitrogens with zero attached hydrogens (tertiary/aromatic N) is 1. The molecule has 9 heteroatoms. The zero-order chi connectivity index (χ0) is 19.6. The zero-order valence-electron chi connectivity index (χ0n) is 15.9. The van der Waals surface area contributed by atoms with Crippen molar-refractivity contribution < 1.29 is 9.59 Å². The highest BCUT2D eigenvalue weighted by Gasteiger charge is 2.08. The molecule has 2 aromatic rings. The highest BCUT2D eigenvalue weighted by Crippen LogP contribution is 2.16. The third-order valence-electron chi connectivity index (χ3n) is 4.01. The fourth-order valence-electron chi connectivity index (χ4n) is 2.37. The second-order valence-electron chi connectivity index (χ2n) is 6.11. The van der Waals surface area contributed by atoms with Gasteiger partial charge in [-0.05, 0) is 46.0 Å². The van der Waals surface area contributed by atoms with E-state index in [-0.39, 0.29) is 36.4 Å². The molecule has 1 aromatic heterocycles. The average molecular weight is 515 g/mol.